The van der Waals surface area contributed by atoms with Gasteiger partial charge in [-0.15, -0.1) is 0 Å². The van der Waals surface area contributed by atoms with Gasteiger partial charge in [0, 0.05) is 17.8 Å². The first-order chi connectivity index (χ1) is 7.24. The van der Waals surface area contributed by atoms with Crippen LogP contribution in [0.25, 0.3) is 10.9 Å². The van der Waals surface area contributed by atoms with Gasteiger partial charge in [0.1, 0.15) is 5.52 Å². The second-order valence-corrected chi connectivity index (χ2v) is 2.98. The fraction of sp³-hybridized carbons (Fsp3) is 0. The van der Waals surface area contributed by atoms with Gasteiger partial charge in [0.25, 0.3) is 0 Å². The third kappa shape index (κ3) is 1.43. The summed E-state index contributed by atoms with van der Waals surface area (Å²) in [6, 6.07) is 6.74. The minimum absolute atomic E-state index is 0.108. The van der Waals surface area contributed by atoms with Crippen LogP contribution in [0.15, 0.2) is 30.5 Å². The Bertz CT molecular complexity index is 551. The van der Waals surface area contributed by atoms with Gasteiger partial charge in [0.05, 0.1) is 10.5 Å². The molecule has 0 aliphatic rings. The lowest BCUT2D eigenvalue weighted by molar-refractivity contribution is -0.383. The van der Waals surface area contributed by atoms with E-state index in [1.165, 1.54) is 6.20 Å². The van der Waals surface area contributed by atoms with Gasteiger partial charge in [-0.3, -0.25) is 10.1 Å². The first kappa shape index (κ1) is 9.26. The van der Waals surface area contributed by atoms with Crippen molar-refractivity contribution in [2.45, 2.75) is 0 Å². The van der Waals surface area contributed by atoms with Crippen LogP contribution in [0.3, 0.4) is 0 Å². The van der Waals surface area contributed by atoms with Crippen LogP contribution in [0.5, 0.6) is 0 Å². The quantitative estimate of drug-likeness (QED) is 0.459. The van der Waals surface area contributed by atoms with E-state index in [-0.39, 0.29) is 11.3 Å². The summed E-state index contributed by atoms with van der Waals surface area (Å²) in [4.78, 5) is 14.3. The van der Waals surface area contributed by atoms with E-state index in [9.17, 15) is 10.1 Å². The monoisotopic (exact) mass is 201 g/mol. The number of hydrogen-bond donors (Lipinski definition) is 1. The van der Waals surface area contributed by atoms with Gasteiger partial charge in [-0.2, -0.15) is 0 Å². The molecule has 15 heavy (non-hydrogen) atoms. The van der Waals surface area contributed by atoms with E-state index in [4.69, 9.17) is 5.41 Å². The standard InChI is InChI=1S/C10H7N3O2/c11-6-8-4-3-7-2-1-5-12-9(7)10(8)13(14)15/h1-6,11H. The van der Waals surface area contributed by atoms with Crippen LogP contribution in [0.2, 0.25) is 0 Å². The molecule has 0 aliphatic carbocycles. The molecular weight excluding hydrogens is 194 g/mol. The average Bonchev–Trinajstić information content (AvgIpc) is 2.27. The Morgan fingerprint density at radius 2 is 2.20 bits per heavy atom. The lowest BCUT2D eigenvalue weighted by atomic mass is 10.1. The van der Waals surface area contributed by atoms with Crippen molar-refractivity contribution >= 4 is 22.8 Å². The van der Waals surface area contributed by atoms with Gasteiger partial charge in [0.2, 0.25) is 0 Å². The Balaban J connectivity index is 2.90. The van der Waals surface area contributed by atoms with Crippen molar-refractivity contribution in [3.63, 3.8) is 0 Å². The number of hydrogen-bond acceptors (Lipinski definition) is 4. The Labute approximate surface area is 85.0 Å². The number of fused-ring (bicyclic) bond motifs is 1. The summed E-state index contributed by atoms with van der Waals surface area (Å²) in [6.07, 6.45) is 2.47. The lowest BCUT2D eigenvalue weighted by Crippen LogP contribution is -1.96. The summed E-state index contributed by atoms with van der Waals surface area (Å²) in [5.41, 5.74) is 0.484. The Morgan fingerprint density at radius 3 is 2.87 bits per heavy atom. The number of nitro groups is 1. The highest BCUT2D eigenvalue weighted by Gasteiger charge is 2.17. The zero-order valence-electron chi connectivity index (χ0n) is 7.68. The maximum atomic E-state index is 10.9. The van der Waals surface area contributed by atoms with E-state index in [1.54, 1.807) is 24.3 Å². The molecule has 2 rings (SSSR count). The van der Waals surface area contributed by atoms with Crippen LogP contribution in [-0.4, -0.2) is 16.1 Å². The Hall–Kier alpha value is -2.30. The number of nitrogens with one attached hydrogen (secondary N) is 1. The maximum Gasteiger partial charge on any atom is 0.304 e. The van der Waals surface area contributed by atoms with E-state index in [2.05, 4.69) is 4.98 Å². The number of benzene rings is 1. The van der Waals surface area contributed by atoms with Crippen LogP contribution in [0, 0.1) is 15.5 Å². The van der Waals surface area contributed by atoms with Crippen molar-refractivity contribution in [1.29, 1.82) is 5.41 Å². The Morgan fingerprint density at radius 1 is 1.40 bits per heavy atom. The van der Waals surface area contributed by atoms with Gasteiger partial charge in [-0.1, -0.05) is 12.1 Å². The molecule has 0 saturated carbocycles. The first-order valence-corrected chi connectivity index (χ1v) is 4.26. The fourth-order valence-electron chi connectivity index (χ4n) is 1.45. The molecule has 0 spiro atoms. The molecule has 5 heteroatoms. The highest BCUT2D eigenvalue weighted by molar-refractivity contribution is 5.97. The molecule has 0 saturated heterocycles. The average molecular weight is 201 g/mol. The topological polar surface area (TPSA) is 79.9 Å². The zero-order chi connectivity index (χ0) is 10.8. The van der Waals surface area contributed by atoms with Crippen molar-refractivity contribution in [2.24, 2.45) is 0 Å². The zero-order valence-corrected chi connectivity index (χ0v) is 7.68. The predicted octanol–water partition coefficient (Wildman–Crippen LogP) is 2.14. The molecule has 5 nitrogen and oxygen atoms in total. The molecule has 0 unspecified atom stereocenters. The van der Waals surface area contributed by atoms with Gasteiger partial charge in [-0.25, -0.2) is 4.98 Å². The molecular formula is C10H7N3O2. The van der Waals surface area contributed by atoms with Crippen LogP contribution >= 0.6 is 0 Å². The van der Waals surface area contributed by atoms with Crippen molar-refractivity contribution in [2.75, 3.05) is 0 Å². The molecule has 0 radical (unpaired) electrons. The number of aromatic nitrogens is 1. The Kier molecular flexibility index (Phi) is 2.13. The van der Waals surface area contributed by atoms with Crippen LogP contribution in [-0.2, 0) is 0 Å². The third-order valence-electron chi connectivity index (χ3n) is 2.12. The second kappa shape index (κ2) is 3.45. The largest absolute Gasteiger partial charge is 0.308 e. The normalized spacial score (nSPS) is 10.1. The van der Waals surface area contributed by atoms with Crippen molar-refractivity contribution in [3.8, 4) is 0 Å². The van der Waals surface area contributed by atoms with E-state index in [0.29, 0.717) is 10.9 Å². The molecule has 2 aromatic rings. The highest BCUT2D eigenvalue weighted by Crippen LogP contribution is 2.26. The van der Waals surface area contributed by atoms with Gasteiger partial charge in [0.15, 0.2) is 0 Å². The van der Waals surface area contributed by atoms with Crippen molar-refractivity contribution in [1.82, 2.24) is 4.98 Å². The molecule has 1 aromatic heterocycles. The van der Waals surface area contributed by atoms with Crippen LogP contribution in [0.1, 0.15) is 5.56 Å². The van der Waals surface area contributed by atoms with E-state index in [1.807, 2.05) is 0 Å². The molecule has 1 N–H and O–H groups in total. The summed E-state index contributed by atoms with van der Waals surface area (Å²) in [5.74, 6) is 0. The third-order valence-corrected chi connectivity index (χ3v) is 2.12. The molecule has 0 fully saturated rings. The molecule has 1 heterocycles. The molecule has 0 atom stereocenters. The van der Waals surface area contributed by atoms with Crippen LogP contribution < -0.4 is 0 Å². The molecule has 0 bridgehead atoms. The van der Waals surface area contributed by atoms with Gasteiger partial charge < -0.3 is 5.41 Å². The highest BCUT2D eigenvalue weighted by atomic mass is 16.6. The smallest absolute Gasteiger partial charge is 0.304 e. The summed E-state index contributed by atoms with van der Waals surface area (Å²) < 4.78 is 0. The van der Waals surface area contributed by atoms with Crippen molar-refractivity contribution < 1.29 is 4.92 Å². The fourth-order valence-corrected chi connectivity index (χ4v) is 1.45. The summed E-state index contributed by atoms with van der Waals surface area (Å²) in [5, 5.41) is 18.7. The minimum Gasteiger partial charge on any atom is -0.308 e. The van der Waals surface area contributed by atoms with Crippen LogP contribution in [0.4, 0.5) is 5.69 Å². The maximum absolute atomic E-state index is 10.9. The number of rotatable bonds is 2. The van der Waals surface area contributed by atoms with Gasteiger partial charge >= 0.3 is 5.69 Å². The number of nitrogens with zero attached hydrogens (tertiary/aromatic N) is 2. The van der Waals surface area contributed by atoms with Gasteiger partial charge in [-0.05, 0) is 12.1 Å². The second-order valence-electron chi connectivity index (χ2n) is 2.98. The lowest BCUT2D eigenvalue weighted by Gasteiger charge is -2.00. The molecule has 0 aliphatic heterocycles. The molecule has 74 valence electrons. The van der Waals surface area contributed by atoms with E-state index in [0.717, 1.165) is 6.21 Å². The van der Waals surface area contributed by atoms with Crippen molar-refractivity contribution in [3.05, 3.63) is 46.1 Å². The number of pyridine rings is 1. The van der Waals surface area contributed by atoms with E-state index >= 15 is 0 Å². The number of nitro benzene ring substituents is 1. The molecule has 0 amide bonds. The minimum atomic E-state index is -0.504. The summed E-state index contributed by atoms with van der Waals surface area (Å²) in [6.45, 7) is 0. The molecule has 1 aromatic carbocycles. The first-order valence-electron chi connectivity index (χ1n) is 4.26. The summed E-state index contributed by atoms with van der Waals surface area (Å²) in [7, 11) is 0. The SMILES string of the molecule is N=Cc1ccc2cccnc2c1[N+](=O)[O-]. The van der Waals surface area contributed by atoms with E-state index < -0.39 is 4.92 Å². The predicted molar refractivity (Wildman–Crippen MR) is 56.3 cm³/mol. The summed E-state index contributed by atoms with van der Waals surface area (Å²) >= 11 is 0.